The second kappa shape index (κ2) is 4.93. The Labute approximate surface area is 116 Å². The van der Waals surface area contributed by atoms with Gasteiger partial charge in [0.2, 0.25) is 4.77 Å². The highest BCUT2D eigenvalue weighted by molar-refractivity contribution is 7.71. The lowest BCUT2D eigenvalue weighted by atomic mass is 9.99. The minimum atomic E-state index is -5.17. The molecule has 0 aliphatic carbocycles. The maximum atomic E-state index is 14.4. The lowest BCUT2D eigenvalue weighted by Gasteiger charge is -2.29. The minimum absolute atomic E-state index is 0.000535. The van der Waals surface area contributed by atoms with Gasteiger partial charge in [-0.15, -0.1) is 0 Å². The summed E-state index contributed by atoms with van der Waals surface area (Å²) in [6.07, 6.45) is -8.41. The van der Waals surface area contributed by atoms with Crippen LogP contribution in [0.1, 0.15) is 12.6 Å². The van der Waals surface area contributed by atoms with E-state index in [9.17, 15) is 17.6 Å². The molecule has 3 N–H and O–H groups in total. The maximum Gasteiger partial charge on any atom is 0.427 e. The molecule has 0 radical (unpaired) electrons. The van der Waals surface area contributed by atoms with Gasteiger partial charge in [0.25, 0.3) is 5.67 Å². The third-order valence-electron chi connectivity index (χ3n) is 3.02. The number of hydrogen-bond acceptors (Lipinski definition) is 5. The van der Waals surface area contributed by atoms with Crippen LogP contribution in [0.4, 0.5) is 23.4 Å². The number of anilines is 1. The molecule has 0 bridgehead atoms. The van der Waals surface area contributed by atoms with Crippen LogP contribution in [0, 0.1) is 4.77 Å². The van der Waals surface area contributed by atoms with E-state index in [4.69, 9.17) is 27.8 Å². The van der Waals surface area contributed by atoms with E-state index in [1.54, 1.807) is 0 Å². The molecule has 5 nitrogen and oxygen atoms in total. The first-order valence-corrected chi connectivity index (χ1v) is 5.96. The van der Waals surface area contributed by atoms with Gasteiger partial charge < -0.3 is 15.6 Å². The number of nitrogens with zero attached hydrogens (tertiary/aromatic N) is 2. The molecule has 2 heterocycles. The molecule has 20 heavy (non-hydrogen) atoms. The SMILES string of the molecule is Nc1ccn([C@@H]2O[C@H](CO)CC2(F)C(F)(F)F)c(=S)n1. The maximum absolute atomic E-state index is 14.4. The Balaban J connectivity index is 2.49. The Morgan fingerprint density at radius 1 is 1.60 bits per heavy atom. The van der Waals surface area contributed by atoms with Crippen LogP contribution in [-0.2, 0) is 4.74 Å². The highest BCUT2D eigenvalue weighted by Gasteiger charge is 2.67. The standard InChI is InChI=1S/C10H11F4N3O2S/c11-9(10(12,13)14)3-5(4-18)19-7(9)17-2-1-6(15)16-8(17)20/h1-2,5,7,18H,3-4H2,(H2,15,16,20)/t5-,7+,9?/m0/s1. The zero-order chi connectivity index (χ0) is 15.1. The van der Waals surface area contributed by atoms with Gasteiger partial charge >= 0.3 is 6.18 Å². The fraction of sp³-hybridized carbons (Fsp3) is 0.600. The van der Waals surface area contributed by atoms with Crippen molar-refractivity contribution in [3.05, 3.63) is 17.0 Å². The Morgan fingerprint density at radius 2 is 2.25 bits per heavy atom. The molecular formula is C10H11F4N3O2S. The summed E-state index contributed by atoms with van der Waals surface area (Å²) < 4.78 is 58.7. The van der Waals surface area contributed by atoms with E-state index in [0.29, 0.717) is 0 Å². The van der Waals surface area contributed by atoms with Crippen LogP contribution < -0.4 is 5.73 Å². The molecule has 0 aromatic carbocycles. The molecule has 1 saturated heterocycles. The van der Waals surface area contributed by atoms with Gasteiger partial charge in [0.15, 0.2) is 6.23 Å². The van der Waals surface area contributed by atoms with Crippen LogP contribution in [0.5, 0.6) is 0 Å². The van der Waals surface area contributed by atoms with Crippen molar-refractivity contribution in [3.8, 4) is 0 Å². The number of rotatable bonds is 2. The third kappa shape index (κ3) is 2.38. The Bertz CT molecular complexity index is 564. The van der Waals surface area contributed by atoms with Crippen molar-refractivity contribution >= 4 is 18.0 Å². The first kappa shape index (κ1) is 15.1. The summed E-state index contributed by atoms with van der Waals surface area (Å²) in [7, 11) is 0. The van der Waals surface area contributed by atoms with Crippen molar-refractivity contribution in [2.45, 2.75) is 30.6 Å². The number of halogens is 4. The molecule has 1 fully saturated rings. The normalized spacial score (nSPS) is 30.6. The molecular weight excluding hydrogens is 302 g/mol. The predicted molar refractivity (Wildman–Crippen MR) is 63.0 cm³/mol. The first-order valence-electron chi connectivity index (χ1n) is 5.55. The topological polar surface area (TPSA) is 73.3 Å². The molecule has 1 aliphatic heterocycles. The number of aliphatic hydroxyl groups is 1. The minimum Gasteiger partial charge on any atom is -0.394 e. The average Bonchev–Trinajstić information content (AvgIpc) is 2.67. The Kier molecular flexibility index (Phi) is 3.73. The van der Waals surface area contributed by atoms with Gasteiger partial charge in [-0.2, -0.15) is 13.2 Å². The van der Waals surface area contributed by atoms with E-state index < -0.39 is 37.2 Å². The van der Waals surface area contributed by atoms with Gasteiger partial charge in [0.05, 0.1) is 12.7 Å². The fourth-order valence-electron chi connectivity index (χ4n) is 2.02. The molecule has 0 amide bonds. The van der Waals surface area contributed by atoms with E-state index >= 15 is 0 Å². The van der Waals surface area contributed by atoms with Crippen LogP contribution >= 0.6 is 12.2 Å². The van der Waals surface area contributed by atoms with Gasteiger partial charge in [0.1, 0.15) is 5.82 Å². The summed E-state index contributed by atoms with van der Waals surface area (Å²) in [6.45, 7) is -0.728. The van der Waals surface area contributed by atoms with Gasteiger partial charge in [-0.3, -0.25) is 4.57 Å². The van der Waals surface area contributed by atoms with Gasteiger partial charge in [-0.25, -0.2) is 9.37 Å². The molecule has 1 unspecified atom stereocenters. The fourth-order valence-corrected chi connectivity index (χ4v) is 2.29. The van der Waals surface area contributed by atoms with Crippen LogP contribution in [0.25, 0.3) is 0 Å². The number of hydrogen-bond donors (Lipinski definition) is 2. The number of ether oxygens (including phenoxy) is 1. The number of alkyl halides is 4. The molecule has 0 spiro atoms. The summed E-state index contributed by atoms with van der Waals surface area (Å²) in [4.78, 5) is 3.60. The van der Waals surface area contributed by atoms with Crippen molar-refractivity contribution in [2.24, 2.45) is 0 Å². The molecule has 1 aromatic heterocycles. The number of nitrogen functional groups attached to an aromatic ring is 1. The number of aliphatic hydroxyl groups excluding tert-OH is 1. The van der Waals surface area contributed by atoms with E-state index in [2.05, 4.69) is 4.98 Å². The van der Waals surface area contributed by atoms with Gasteiger partial charge in [0, 0.05) is 12.6 Å². The van der Waals surface area contributed by atoms with Crippen LogP contribution in [0.3, 0.4) is 0 Å². The quantitative estimate of drug-likeness (QED) is 0.643. The van der Waals surface area contributed by atoms with Crippen molar-refractivity contribution in [3.63, 3.8) is 0 Å². The molecule has 112 valence electrons. The van der Waals surface area contributed by atoms with Crippen molar-refractivity contribution in [1.82, 2.24) is 9.55 Å². The van der Waals surface area contributed by atoms with Gasteiger partial charge in [-0.05, 0) is 18.3 Å². The van der Waals surface area contributed by atoms with E-state index in [1.807, 2.05) is 0 Å². The molecule has 0 saturated carbocycles. The highest BCUT2D eigenvalue weighted by Crippen LogP contribution is 2.51. The number of nitrogens with two attached hydrogens (primary N) is 1. The van der Waals surface area contributed by atoms with Crippen LogP contribution in [0.2, 0.25) is 0 Å². The smallest absolute Gasteiger partial charge is 0.394 e. The summed E-state index contributed by atoms with van der Waals surface area (Å²) in [6, 6.07) is 1.18. The Hall–Kier alpha value is -1.26. The van der Waals surface area contributed by atoms with Gasteiger partial charge in [-0.1, -0.05) is 0 Å². The Morgan fingerprint density at radius 3 is 2.75 bits per heavy atom. The zero-order valence-electron chi connectivity index (χ0n) is 9.97. The second-order valence-corrected chi connectivity index (χ2v) is 4.76. The van der Waals surface area contributed by atoms with Crippen molar-refractivity contribution < 1.29 is 27.4 Å². The predicted octanol–water partition coefficient (Wildman–Crippen LogP) is 1.75. The first-order chi connectivity index (χ1) is 9.19. The lowest BCUT2D eigenvalue weighted by molar-refractivity contribution is -0.256. The van der Waals surface area contributed by atoms with Crippen LogP contribution in [0.15, 0.2) is 12.3 Å². The highest BCUT2D eigenvalue weighted by atomic mass is 32.1. The van der Waals surface area contributed by atoms with E-state index in [0.717, 1.165) is 10.8 Å². The van der Waals surface area contributed by atoms with E-state index in [1.165, 1.54) is 6.07 Å². The van der Waals surface area contributed by atoms with Crippen LogP contribution in [-0.4, -0.2) is 39.2 Å². The summed E-state index contributed by atoms with van der Waals surface area (Å²) in [5.41, 5.74) is 1.69. The molecule has 1 aromatic rings. The van der Waals surface area contributed by atoms with Crippen molar-refractivity contribution in [2.75, 3.05) is 12.3 Å². The lowest BCUT2D eigenvalue weighted by Crippen LogP contribution is -2.45. The second-order valence-electron chi connectivity index (χ2n) is 4.40. The average molecular weight is 313 g/mol. The molecule has 3 atom stereocenters. The summed E-state index contributed by atoms with van der Waals surface area (Å²) in [5.74, 6) is -0.000535. The van der Waals surface area contributed by atoms with Crippen molar-refractivity contribution in [1.29, 1.82) is 0 Å². The summed E-state index contributed by atoms with van der Waals surface area (Å²) in [5, 5.41) is 8.91. The zero-order valence-corrected chi connectivity index (χ0v) is 10.8. The monoisotopic (exact) mass is 313 g/mol. The summed E-state index contributed by atoms with van der Waals surface area (Å²) >= 11 is 4.77. The molecule has 10 heteroatoms. The molecule has 1 aliphatic rings. The largest absolute Gasteiger partial charge is 0.427 e. The third-order valence-corrected chi connectivity index (χ3v) is 3.32. The molecule has 2 rings (SSSR count). The number of aromatic nitrogens is 2. The van der Waals surface area contributed by atoms with E-state index in [-0.39, 0.29) is 10.6 Å².